The molecule has 0 heterocycles. The van der Waals surface area contributed by atoms with Gasteiger partial charge in [0.15, 0.2) is 6.10 Å². The molecule has 0 amide bonds. The van der Waals surface area contributed by atoms with Gasteiger partial charge in [0, 0.05) is 19.3 Å². The van der Waals surface area contributed by atoms with Gasteiger partial charge in [-0.25, -0.2) is 0 Å². The highest BCUT2D eigenvalue weighted by atomic mass is 16.6. The minimum Gasteiger partial charge on any atom is -0.462 e. The van der Waals surface area contributed by atoms with Crippen molar-refractivity contribution in [2.24, 2.45) is 11.8 Å². The number of hydrogen-bond donors (Lipinski definition) is 0. The number of rotatable bonds is 54. The molecule has 66 heavy (non-hydrogen) atoms. The maximum absolute atomic E-state index is 12.9. The summed E-state index contributed by atoms with van der Waals surface area (Å²) < 4.78 is 16.9. The maximum atomic E-state index is 12.9. The molecular weight excluding hydrogens is 817 g/mol. The van der Waals surface area contributed by atoms with E-state index in [1.165, 1.54) is 225 Å². The fourth-order valence-corrected chi connectivity index (χ4v) is 9.23. The van der Waals surface area contributed by atoms with Crippen molar-refractivity contribution in [3.63, 3.8) is 0 Å². The summed E-state index contributed by atoms with van der Waals surface area (Å²) in [5.74, 6) is 0.793. The Bertz CT molecular complexity index is 1010. The number of unbranched alkanes of at least 4 members (excludes halogenated alkanes) is 39. The molecule has 0 fully saturated rings. The molecule has 0 aliphatic heterocycles. The molecule has 0 spiro atoms. The van der Waals surface area contributed by atoms with Crippen LogP contribution in [0.2, 0.25) is 0 Å². The van der Waals surface area contributed by atoms with Crippen LogP contribution in [0.5, 0.6) is 0 Å². The third-order valence-corrected chi connectivity index (χ3v) is 13.7. The molecule has 0 bridgehead atoms. The van der Waals surface area contributed by atoms with Crippen LogP contribution in [0.3, 0.4) is 0 Å². The van der Waals surface area contributed by atoms with E-state index in [-0.39, 0.29) is 31.1 Å². The lowest BCUT2D eigenvalue weighted by Gasteiger charge is -2.18. The van der Waals surface area contributed by atoms with E-state index in [1.807, 2.05) is 0 Å². The standard InChI is InChI=1S/C60H116O6/c1-6-7-8-9-10-11-12-13-14-15-16-17-22-25-28-31-36-42-47-52-60(63)66-57(54-65-59(62)51-46-41-37-32-34-39-44-49-56(4)5)53-64-58(61)50-45-40-35-30-27-24-21-19-18-20-23-26-29-33-38-43-48-55(2)3/h55-57H,6-54H2,1-5H3/t57-/m0/s1. The van der Waals surface area contributed by atoms with Crippen molar-refractivity contribution in [3.8, 4) is 0 Å². The summed E-state index contributed by atoms with van der Waals surface area (Å²) in [5, 5.41) is 0. The smallest absolute Gasteiger partial charge is 0.306 e. The molecule has 0 aromatic heterocycles. The van der Waals surface area contributed by atoms with Gasteiger partial charge in [0.1, 0.15) is 13.2 Å². The average molecular weight is 934 g/mol. The largest absolute Gasteiger partial charge is 0.462 e. The summed E-state index contributed by atoms with van der Waals surface area (Å²) >= 11 is 0. The predicted octanol–water partition coefficient (Wildman–Crippen LogP) is 19.7. The van der Waals surface area contributed by atoms with Crippen LogP contribution in [0.25, 0.3) is 0 Å². The van der Waals surface area contributed by atoms with Gasteiger partial charge in [0.2, 0.25) is 0 Å². The van der Waals surface area contributed by atoms with E-state index in [0.717, 1.165) is 69.6 Å². The minimum atomic E-state index is -0.763. The molecule has 0 aromatic rings. The van der Waals surface area contributed by atoms with E-state index in [1.54, 1.807) is 0 Å². The average Bonchev–Trinajstić information content (AvgIpc) is 3.29. The van der Waals surface area contributed by atoms with E-state index in [9.17, 15) is 14.4 Å². The zero-order valence-corrected chi connectivity index (χ0v) is 45.3. The van der Waals surface area contributed by atoms with Crippen molar-refractivity contribution in [1.29, 1.82) is 0 Å². The van der Waals surface area contributed by atoms with Crippen molar-refractivity contribution in [2.75, 3.05) is 13.2 Å². The maximum Gasteiger partial charge on any atom is 0.306 e. The van der Waals surface area contributed by atoms with Gasteiger partial charge in [0.25, 0.3) is 0 Å². The lowest BCUT2D eigenvalue weighted by molar-refractivity contribution is -0.167. The van der Waals surface area contributed by atoms with Crippen molar-refractivity contribution >= 4 is 17.9 Å². The van der Waals surface area contributed by atoms with Gasteiger partial charge in [0.05, 0.1) is 0 Å². The SMILES string of the molecule is CCCCCCCCCCCCCCCCCCCCCC(=O)O[C@@H](COC(=O)CCCCCCCCCCCCCCCCCCC(C)C)COC(=O)CCCCCCCCCC(C)C. The lowest BCUT2D eigenvalue weighted by Crippen LogP contribution is -2.30. The Morgan fingerprint density at radius 2 is 0.500 bits per heavy atom. The molecule has 392 valence electrons. The number of esters is 3. The highest BCUT2D eigenvalue weighted by Crippen LogP contribution is 2.18. The molecule has 6 heteroatoms. The van der Waals surface area contributed by atoms with Crippen LogP contribution in [0.1, 0.15) is 336 Å². The second-order valence-electron chi connectivity index (χ2n) is 21.6. The number of carbonyl (C=O) groups is 3. The van der Waals surface area contributed by atoms with E-state index < -0.39 is 6.10 Å². The number of hydrogen-bond acceptors (Lipinski definition) is 6. The zero-order chi connectivity index (χ0) is 48.2. The Balaban J connectivity index is 4.22. The third-order valence-electron chi connectivity index (χ3n) is 13.7. The fraction of sp³-hybridized carbons (Fsp3) is 0.950. The Morgan fingerprint density at radius 1 is 0.288 bits per heavy atom. The summed E-state index contributed by atoms with van der Waals surface area (Å²) in [5.41, 5.74) is 0. The van der Waals surface area contributed by atoms with Gasteiger partial charge in [-0.3, -0.25) is 14.4 Å². The third kappa shape index (κ3) is 53.4. The van der Waals surface area contributed by atoms with Gasteiger partial charge >= 0.3 is 17.9 Å². The Kier molecular flexibility index (Phi) is 51.5. The van der Waals surface area contributed by atoms with Gasteiger partial charge in [-0.2, -0.15) is 0 Å². The highest BCUT2D eigenvalue weighted by Gasteiger charge is 2.19. The molecule has 0 aliphatic carbocycles. The second kappa shape index (κ2) is 52.8. The molecule has 0 N–H and O–H groups in total. The number of ether oxygens (including phenoxy) is 3. The molecule has 0 radical (unpaired) electrons. The predicted molar refractivity (Wildman–Crippen MR) is 284 cm³/mol. The van der Waals surface area contributed by atoms with Crippen molar-refractivity contribution in [2.45, 2.75) is 343 Å². The van der Waals surface area contributed by atoms with Gasteiger partial charge in [-0.15, -0.1) is 0 Å². The first kappa shape index (κ1) is 64.4. The first-order valence-corrected chi connectivity index (χ1v) is 29.7. The monoisotopic (exact) mass is 933 g/mol. The number of carbonyl (C=O) groups excluding carboxylic acids is 3. The minimum absolute atomic E-state index is 0.0632. The van der Waals surface area contributed by atoms with Gasteiger partial charge in [-0.05, 0) is 31.1 Å². The van der Waals surface area contributed by atoms with E-state index in [4.69, 9.17) is 14.2 Å². The first-order chi connectivity index (χ1) is 32.2. The van der Waals surface area contributed by atoms with E-state index >= 15 is 0 Å². The van der Waals surface area contributed by atoms with Crippen LogP contribution in [-0.2, 0) is 28.6 Å². The summed E-state index contributed by atoms with van der Waals surface area (Å²) in [6, 6.07) is 0. The molecule has 0 aromatic carbocycles. The summed E-state index contributed by atoms with van der Waals surface area (Å²) in [7, 11) is 0. The lowest BCUT2D eigenvalue weighted by atomic mass is 10.0. The molecule has 6 nitrogen and oxygen atoms in total. The molecule has 0 saturated heterocycles. The van der Waals surface area contributed by atoms with E-state index in [0.29, 0.717) is 19.3 Å². The summed E-state index contributed by atoms with van der Waals surface area (Å²) in [4.78, 5) is 38.1. The van der Waals surface area contributed by atoms with Crippen molar-refractivity contribution in [1.82, 2.24) is 0 Å². The molecule has 0 rings (SSSR count). The van der Waals surface area contributed by atoms with Crippen LogP contribution in [0.4, 0.5) is 0 Å². The topological polar surface area (TPSA) is 78.9 Å². The molecule has 0 unspecified atom stereocenters. The van der Waals surface area contributed by atoms with Crippen molar-refractivity contribution in [3.05, 3.63) is 0 Å². The summed E-state index contributed by atoms with van der Waals surface area (Å²) in [6.07, 6.45) is 56.8. The normalized spacial score (nSPS) is 12.0. The molecule has 1 atom stereocenters. The Morgan fingerprint density at radius 3 is 0.742 bits per heavy atom. The molecule has 0 saturated carbocycles. The fourth-order valence-electron chi connectivity index (χ4n) is 9.23. The second-order valence-corrected chi connectivity index (χ2v) is 21.6. The van der Waals surface area contributed by atoms with Gasteiger partial charge in [-0.1, -0.05) is 298 Å². The molecule has 0 aliphatic rings. The quantitative estimate of drug-likeness (QED) is 0.0343. The Labute approximate surface area is 412 Å². The van der Waals surface area contributed by atoms with Crippen LogP contribution in [0.15, 0.2) is 0 Å². The zero-order valence-electron chi connectivity index (χ0n) is 45.3. The van der Waals surface area contributed by atoms with E-state index in [2.05, 4.69) is 34.6 Å². The van der Waals surface area contributed by atoms with Crippen LogP contribution in [0, 0.1) is 11.8 Å². The van der Waals surface area contributed by atoms with Crippen molar-refractivity contribution < 1.29 is 28.6 Å². The summed E-state index contributed by atoms with van der Waals surface area (Å²) in [6.45, 7) is 11.4. The highest BCUT2D eigenvalue weighted by molar-refractivity contribution is 5.71. The van der Waals surface area contributed by atoms with Crippen LogP contribution >= 0.6 is 0 Å². The Hall–Kier alpha value is -1.59. The first-order valence-electron chi connectivity index (χ1n) is 29.7. The van der Waals surface area contributed by atoms with Crippen LogP contribution in [-0.4, -0.2) is 37.2 Å². The van der Waals surface area contributed by atoms with Crippen LogP contribution < -0.4 is 0 Å². The van der Waals surface area contributed by atoms with Gasteiger partial charge < -0.3 is 14.2 Å². The molecular formula is C60H116O6.